The third-order valence-corrected chi connectivity index (χ3v) is 14.2. The summed E-state index contributed by atoms with van der Waals surface area (Å²) in [5.74, 6) is 0. The highest BCUT2D eigenvalue weighted by Gasteiger charge is 2.44. The molecule has 1 aromatic heterocycles. The summed E-state index contributed by atoms with van der Waals surface area (Å²) in [5, 5.41) is 4.20. The Morgan fingerprint density at radius 3 is 1.83 bits per heavy atom. The largest absolute Gasteiger partial charge is 0.354 e. The first-order valence-corrected chi connectivity index (χ1v) is 13.2. The highest BCUT2D eigenvalue weighted by atomic mass is 28.3. The molecule has 150 valence electrons. The molecule has 0 spiro atoms. The molecule has 0 atom stereocenters. The number of fused-ring (bicyclic) bond motifs is 3. The summed E-state index contributed by atoms with van der Waals surface area (Å²) in [6, 6.07) is 24.8. The van der Waals surface area contributed by atoms with E-state index < -0.39 is 8.07 Å². The third-order valence-electron chi connectivity index (χ3n) is 7.10. The van der Waals surface area contributed by atoms with Crippen LogP contribution in [0.1, 0.15) is 41.5 Å². The molecule has 0 aliphatic heterocycles. The Kier molecular flexibility index (Phi) is 5.16. The number of hydrogen-bond donors (Lipinski definition) is 1. The molecule has 0 bridgehead atoms. The van der Waals surface area contributed by atoms with Gasteiger partial charge in [0.15, 0.2) is 0 Å². The molecule has 4 rings (SSSR count). The van der Waals surface area contributed by atoms with Gasteiger partial charge >= 0.3 is 0 Å². The number of H-pyrrole nitrogens is 1. The van der Waals surface area contributed by atoms with Gasteiger partial charge in [0.1, 0.15) is 0 Å². The average Bonchev–Trinajstić information content (AvgIpc) is 3.07. The minimum Gasteiger partial charge on any atom is -0.354 e. The van der Waals surface area contributed by atoms with E-state index in [0.29, 0.717) is 0 Å². The van der Waals surface area contributed by atoms with Gasteiger partial charge in [-0.05, 0) is 28.3 Å². The summed E-state index contributed by atoms with van der Waals surface area (Å²) < 4.78 is 0. The van der Waals surface area contributed by atoms with Gasteiger partial charge in [0, 0.05) is 21.9 Å². The maximum Gasteiger partial charge on any atom is 0.0942 e. The second-order valence-corrected chi connectivity index (χ2v) is 15.3. The van der Waals surface area contributed by atoms with Crippen molar-refractivity contribution >= 4 is 35.1 Å². The molecule has 0 aliphatic carbocycles. The Hall–Kier alpha value is -2.32. The van der Waals surface area contributed by atoms with E-state index in [1.165, 1.54) is 32.9 Å². The lowest BCUT2D eigenvalue weighted by molar-refractivity contribution is 0.835. The standard InChI is InChI=1S/C27H33NSi/c1-18(2)29(19(3)4,20(5)6)22-16-14-21(15-17-22)23-11-9-12-25-24-10-7-8-13-26(24)28-27(23)25/h7-20,28H,1-6H3. The normalized spacial score (nSPS) is 12.7. The fourth-order valence-corrected chi connectivity index (χ4v) is 12.8. The van der Waals surface area contributed by atoms with Gasteiger partial charge in [-0.3, -0.25) is 0 Å². The lowest BCUT2D eigenvalue weighted by atomic mass is 10.0. The van der Waals surface area contributed by atoms with Crippen LogP contribution in [-0.2, 0) is 0 Å². The summed E-state index contributed by atoms with van der Waals surface area (Å²) in [4.78, 5) is 3.65. The second kappa shape index (κ2) is 7.49. The number of para-hydroxylation sites is 2. The van der Waals surface area contributed by atoms with Crippen molar-refractivity contribution in [2.75, 3.05) is 0 Å². The molecule has 0 amide bonds. The number of benzene rings is 3. The molecule has 2 heteroatoms. The van der Waals surface area contributed by atoms with Crippen LogP contribution in [0, 0.1) is 0 Å². The van der Waals surface area contributed by atoms with Crippen molar-refractivity contribution in [1.82, 2.24) is 4.98 Å². The maximum atomic E-state index is 3.65. The molecule has 4 aromatic rings. The van der Waals surface area contributed by atoms with E-state index >= 15 is 0 Å². The van der Waals surface area contributed by atoms with Gasteiger partial charge in [0.05, 0.1) is 13.6 Å². The highest BCUT2D eigenvalue weighted by Crippen LogP contribution is 2.41. The highest BCUT2D eigenvalue weighted by molar-refractivity contribution is 6.95. The number of aromatic nitrogens is 1. The first-order valence-electron chi connectivity index (χ1n) is 11.0. The quantitative estimate of drug-likeness (QED) is 0.329. The average molecular weight is 400 g/mol. The zero-order chi connectivity index (χ0) is 20.8. The molecule has 1 heterocycles. The molecule has 0 radical (unpaired) electrons. The van der Waals surface area contributed by atoms with E-state index in [9.17, 15) is 0 Å². The predicted octanol–water partition coefficient (Wildman–Crippen LogP) is 7.87. The van der Waals surface area contributed by atoms with Crippen molar-refractivity contribution in [3.8, 4) is 11.1 Å². The Bertz CT molecular complexity index is 1110. The summed E-state index contributed by atoms with van der Waals surface area (Å²) in [5.41, 5.74) is 7.21. The molecule has 0 saturated carbocycles. The van der Waals surface area contributed by atoms with E-state index in [4.69, 9.17) is 0 Å². The summed E-state index contributed by atoms with van der Waals surface area (Å²) in [7, 11) is -1.62. The van der Waals surface area contributed by atoms with Crippen LogP contribution in [0.5, 0.6) is 0 Å². The SMILES string of the molecule is CC(C)[Si](c1ccc(-c2cccc3c2[nH]c2ccccc23)cc1)(C(C)C)C(C)C. The predicted molar refractivity (Wildman–Crippen MR) is 132 cm³/mol. The van der Waals surface area contributed by atoms with Crippen molar-refractivity contribution in [1.29, 1.82) is 0 Å². The van der Waals surface area contributed by atoms with Crippen LogP contribution < -0.4 is 5.19 Å². The van der Waals surface area contributed by atoms with Crippen molar-refractivity contribution < 1.29 is 0 Å². The maximum absolute atomic E-state index is 3.65. The first kappa shape index (κ1) is 20.0. The van der Waals surface area contributed by atoms with E-state index in [2.05, 4.69) is 113 Å². The smallest absolute Gasteiger partial charge is 0.0942 e. The third kappa shape index (κ3) is 3.05. The van der Waals surface area contributed by atoms with Crippen molar-refractivity contribution in [3.05, 3.63) is 66.7 Å². The van der Waals surface area contributed by atoms with Gasteiger partial charge in [-0.1, -0.05) is 107 Å². The van der Waals surface area contributed by atoms with Gasteiger partial charge in [0.25, 0.3) is 0 Å². The van der Waals surface area contributed by atoms with Crippen molar-refractivity contribution in [3.63, 3.8) is 0 Å². The fourth-order valence-electron chi connectivity index (χ4n) is 6.05. The lowest BCUT2D eigenvalue weighted by Crippen LogP contribution is -2.55. The minimum absolute atomic E-state index is 0.727. The Morgan fingerprint density at radius 2 is 1.21 bits per heavy atom. The topological polar surface area (TPSA) is 15.8 Å². The van der Waals surface area contributed by atoms with Crippen molar-refractivity contribution in [2.45, 2.75) is 58.2 Å². The molecule has 0 aliphatic rings. The number of rotatable bonds is 5. The van der Waals surface area contributed by atoms with E-state index in [1.807, 2.05) is 0 Å². The van der Waals surface area contributed by atoms with E-state index in [0.717, 1.165) is 16.6 Å². The molecule has 3 aromatic carbocycles. The van der Waals surface area contributed by atoms with E-state index in [-0.39, 0.29) is 0 Å². The van der Waals surface area contributed by atoms with Crippen LogP contribution in [0.4, 0.5) is 0 Å². The number of aromatic amines is 1. The van der Waals surface area contributed by atoms with Crippen molar-refractivity contribution in [2.24, 2.45) is 0 Å². The molecular weight excluding hydrogens is 366 g/mol. The molecular formula is C27H33NSi. The molecule has 0 saturated heterocycles. The second-order valence-electron chi connectivity index (χ2n) is 9.37. The molecule has 0 fully saturated rings. The number of nitrogens with one attached hydrogen (secondary N) is 1. The fraction of sp³-hybridized carbons (Fsp3) is 0.333. The first-order chi connectivity index (χ1) is 13.9. The van der Waals surface area contributed by atoms with Crippen LogP contribution in [0.3, 0.4) is 0 Å². The van der Waals surface area contributed by atoms with Gasteiger partial charge in [-0.25, -0.2) is 0 Å². The summed E-state index contributed by atoms with van der Waals surface area (Å²) in [6.07, 6.45) is 0. The Balaban J connectivity index is 1.85. The Morgan fingerprint density at radius 1 is 0.621 bits per heavy atom. The zero-order valence-electron chi connectivity index (χ0n) is 18.6. The van der Waals surface area contributed by atoms with Gasteiger partial charge in [0.2, 0.25) is 0 Å². The number of hydrogen-bond acceptors (Lipinski definition) is 0. The van der Waals surface area contributed by atoms with Crippen LogP contribution >= 0.6 is 0 Å². The van der Waals surface area contributed by atoms with E-state index in [1.54, 1.807) is 5.19 Å². The molecule has 29 heavy (non-hydrogen) atoms. The summed E-state index contributed by atoms with van der Waals surface area (Å²) in [6.45, 7) is 14.6. The van der Waals surface area contributed by atoms with Crippen LogP contribution in [0.2, 0.25) is 16.6 Å². The molecule has 0 unspecified atom stereocenters. The molecule has 1 nitrogen and oxygen atoms in total. The monoisotopic (exact) mass is 399 g/mol. The van der Waals surface area contributed by atoms with Crippen LogP contribution in [0.15, 0.2) is 66.7 Å². The molecule has 1 N–H and O–H groups in total. The van der Waals surface area contributed by atoms with Gasteiger partial charge in [-0.2, -0.15) is 0 Å². The van der Waals surface area contributed by atoms with Crippen LogP contribution in [0.25, 0.3) is 32.9 Å². The minimum atomic E-state index is -1.62. The van der Waals surface area contributed by atoms with Gasteiger partial charge < -0.3 is 4.98 Å². The summed E-state index contributed by atoms with van der Waals surface area (Å²) >= 11 is 0. The van der Waals surface area contributed by atoms with Gasteiger partial charge in [-0.15, -0.1) is 0 Å². The lowest BCUT2D eigenvalue weighted by Gasteiger charge is -2.43. The Labute approximate surface area is 176 Å². The zero-order valence-corrected chi connectivity index (χ0v) is 19.6. The van der Waals surface area contributed by atoms with Crippen LogP contribution in [-0.4, -0.2) is 13.1 Å².